The minimum atomic E-state index is -0.149. The summed E-state index contributed by atoms with van der Waals surface area (Å²) < 4.78 is 11.0. The quantitative estimate of drug-likeness (QED) is 0.927. The number of hydrogen-bond acceptors (Lipinski definition) is 4. The summed E-state index contributed by atoms with van der Waals surface area (Å²) in [6, 6.07) is 11.0. The van der Waals surface area contributed by atoms with Crippen molar-refractivity contribution in [3.8, 4) is 17.1 Å². The lowest BCUT2D eigenvalue weighted by atomic mass is 10.1. The summed E-state index contributed by atoms with van der Waals surface area (Å²) in [6.07, 6.45) is 1.75. The summed E-state index contributed by atoms with van der Waals surface area (Å²) in [6.45, 7) is 2.67. The molecule has 0 saturated carbocycles. The van der Waals surface area contributed by atoms with Gasteiger partial charge in [0.25, 0.3) is 5.91 Å². The van der Waals surface area contributed by atoms with E-state index >= 15 is 0 Å². The van der Waals surface area contributed by atoms with E-state index in [1.54, 1.807) is 24.1 Å². The van der Waals surface area contributed by atoms with Gasteiger partial charge in [0.1, 0.15) is 11.5 Å². The van der Waals surface area contributed by atoms with Crippen LogP contribution in [0.15, 0.2) is 40.8 Å². The summed E-state index contributed by atoms with van der Waals surface area (Å²) in [7, 11) is 1.61. The van der Waals surface area contributed by atoms with Crippen LogP contribution in [-0.2, 0) is 4.79 Å². The van der Waals surface area contributed by atoms with Crippen molar-refractivity contribution in [1.29, 1.82) is 0 Å². The van der Waals surface area contributed by atoms with Crippen LogP contribution in [0.4, 0.5) is 0 Å². The Morgan fingerprint density at radius 3 is 2.88 bits per heavy atom. The molecule has 1 atom stereocenters. The average Bonchev–Trinajstić information content (AvgIpc) is 3.11. The van der Waals surface area contributed by atoms with Crippen molar-refractivity contribution in [2.45, 2.75) is 25.8 Å². The van der Waals surface area contributed by atoms with Gasteiger partial charge in [-0.05, 0) is 37.1 Å². The number of carbonyl (C=O) groups is 2. The van der Waals surface area contributed by atoms with Crippen LogP contribution in [0.2, 0.25) is 0 Å². The molecule has 0 bridgehead atoms. The fraction of sp³-hybridized carbons (Fsp3) is 0.368. The summed E-state index contributed by atoms with van der Waals surface area (Å²) in [4.78, 5) is 25.7. The highest BCUT2D eigenvalue weighted by Gasteiger charge is 2.26. The number of methoxy groups -OCH3 is 1. The van der Waals surface area contributed by atoms with E-state index < -0.39 is 0 Å². The number of furan rings is 1. The van der Waals surface area contributed by atoms with Crippen LogP contribution in [0.3, 0.4) is 0 Å². The minimum absolute atomic E-state index is 0.00279. The lowest BCUT2D eigenvalue weighted by molar-refractivity contribution is -0.120. The molecule has 0 aliphatic carbocycles. The summed E-state index contributed by atoms with van der Waals surface area (Å²) in [5.74, 6) is 1.44. The van der Waals surface area contributed by atoms with Crippen LogP contribution < -0.4 is 10.1 Å². The van der Waals surface area contributed by atoms with E-state index in [1.165, 1.54) is 6.92 Å². The van der Waals surface area contributed by atoms with Gasteiger partial charge in [0.2, 0.25) is 5.91 Å². The molecule has 132 valence electrons. The molecule has 0 radical (unpaired) electrons. The van der Waals surface area contributed by atoms with Crippen molar-refractivity contribution in [2.24, 2.45) is 0 Å². The first-order valence-electron chi connectivity index (χ1n) is 8.37. The number of nitrogens with one attached hydrogen (secondary N) is 1. The number of hydrogen-bond donors (Lipinski definition) is 1. The molecule has 1 saturated heterocycles. The number of nitrogens with zero attached hydrogens (tertiary/aromatic N) is 1. The highest BCUT2D eigenvalue weighted by molar-refractivity contribution is 5.92. The van der Waals surface area contributed by atoms with Gasteiger partial charge in [0.05, 0.1) is 7.11 Å². The first kappa shape index (κ1) is 17.1. The maximum Gasteiger partial charge on any atom is 0.289 e. The summed E-state index contributed by atoms with van der Waals surface area (Å²) in [5, 5.41) is 2.88. The smallest absolute Gasteiger partial charge is 0.289 e. The largest absolute Gasteiger partial charge is 0.497 e. The third kappa shape index (κ3) is 4.02. The Morgan fingerprint density at radius 2 is 2.12 bits per heavy atom. The molecule has 2 aromatic rings. The number of likely N-dealkylation sites (tertiary alicyclic amines) is 1. The molecule has 1 aromatic carbocycles. The highest BCUT2D eigenvalue weighted by atomic mass is 16.5. The molecule has 0 spiro atoms. The number of rotatable bonds is 4. The molecule has 1 aliphatic rings. The third-order valence-corrected chi connectivity index (χ3v) is 4.29. The van der Waals surface area contributed by atoms with Crippen LogP contribution in [0, 0.1) is 0 Å². The predicted octanol–water partition coefficient (Wildman–Crippen LogP) is 2.70. The van der Waals surface area contributed by atoms with Gasteiger partial charge < -0.3 is 19.4 Å². The molecule has 1 fully saturated rings. The number of amides is 2. The summed E-state index contributed by atoms with van der Waals surface area (Å²) in [5.41, 5.74) is 0.855. The molecule has 1 N–H and O–H groups in total. The number of piperidine rings is 1. The van der Waals surface area contributed by atoms with Crippen LogP contribution in [-0.4, -0.2) is 43.0 Å². The number of benzene rings is 1. The van der Waals surface area contributed by atoms with Gasteiger partial charge in [-0.3, -0.25) is 9.59 Å². The van der Waals surface area contributed by atoms with Crippen molar-refractivity contribution in [3.05, 3.63) is 42.2 Å². The second-order valence-corrected chi connectivity index (χ2v) is 6.19. The fourth-order valence-corrected chi connectivity index (χ4v) is 3.11. The molecule has 3 rings (SSSR count). The lowest BCUT2D eigenvalue weighted by Crippen LogP contribution is -2.49. The Bertz CT molecular complexity index is 768. The highest BCUT2D eigenvalue weighted by Crippen LogP contribution is 2.26. The SMILES string of the molecule is COc1cccc(-c2ccc(C(=O)N3CCCC(NC(C)=O)C3)o2)c1. The zero-order valence-corrected chi connectivity index (χ0v) is 14.5. The van der Waals surface area contributed by atoms with E-state index in [4.69, 9.17) is 9.15 Å². The van der Waals surface area contributed by atoms with Gasteiger partial charge in [0.15, 0.2) is 5.76 Å². The van der Waals surface area contributed by atoms with Gasteiger partial charge in [0, 0.05) is 31.6 Å². The van der Waals surface area contributed by atoms with Crippen LogP contribution in [0.1, 0.15) is 30.3 Å². The van der Waals surface area contributed by atoms with Gasteiger partial charge >= 0.3 is 0 Å². The molecule has 6 nitrogen and oxygen atoms in total. The normalized spacial score (nSPS) is 17.2. The molecule has 2 heterocycles. The summed E-state index contributed by atoms with van der Waals surface area (Å²) >= 11 is 0. The predicted molar refractivity (Wildman–Crippen MR) is 93.4 cm³/mol. The zero-order valence-electron chi connectivity index (χ0n) is 14.5. The van der Waals surface area contributed by atoms with E-state index in [-0.39, 0.29) is 17.9 Å². The molecule has 25 heavy (non-hydrogen) atoms. The molecule has 2 amide bonds. The molecular formula is C19H22N2O4. The maximum absolute atomic E-state index is 12.7. The molecule has 6 heteroatoms. The third-order valence-electron chi connectivity index (χ3n) is 4.29. The van der Waals surface area contributed by atoms with Gasteiger partial charge in [-0.2, -0.15) is 0 Å². The van der Waals surface area contributed by atoms with Crippen molar-refractivity contribution >= 4 is 11.8 Å². The average molecular weight is 342 g/mol. The second-order valence-electron chi connectivity index (χ2n) is 6.19. The van der Waals surface area contributed by atoms with Gasteiger partial charge in [-0.15, -0.1) is 0 Å². The Kier molecular flexibility index (Phi) is 5.07. The topological polar surface area (TPSA) is 71.8 Å². The van der Waals surface area contributed by atoms with E-state index in [0.717, 1.165) is 24.2 Å². The molecular weight excluding hydrogens is 320 g/mol. The van der Waals surface area contributed by atoms with E-state index in [2.05, 4.69) is 5.32 Å². The first-order valence-corrected chi connectivity index (χ1v) is 8.37. The Labute approximate surface area is 146 Å². The van der Waals surface area contributed by atoms with Crippen LogP contribution >= 0.6 is 0 Å². The van der Waals surface area contributed by atoms with E-state index in [1.807, 2.05) is 24.3 Å². The van der Waals surface area contributed by atoms with Gasteiger partial charge in [-0.25, -0.2) is 0 Å². The minimum Gasteiger partial charge on any atom is -0.497 e. The van der Waals surface area contributed by atoms with Crippen LogP contribution in [0.5, 0.6) is 5.75 Å². The molecule has 1 unspecified atom stereocenters. The Hall–Kier alpha value is -2.76. The van der Waals surface area contributed by atoms with Crippen molar-refractivity contribution in [1.82, 2.24) is 10.2 Å². The van der Waals surface area contributed by atoms with Crippen molar-refractivity contribution < 1.29 is 18.7 Å². The van der Waals surface area contributed by atoms with Crippen molar-refractivity contribution in [2.75, 3.05) is 20.2 Å². The van der Waals surface area contributed by atoms with E-state index in [0.29, 0.717) is 24.6 Å². The molecule has 1 aromatic heterocycles. The Morgan fingerprint density at radius 1 is 1.28 bits per heavy atom. The standard InChI is InChI=1S/C19H22N2O4/c1-13(22)20-15-6-4-10-21(12-15)19(23)18-9-8-17(25-18)14-5-3-7-16(11-14)24-2/h3,5,7-9,11,15H,4,6,10,12H2,1-2H3,(H,20,22). The van der Waals surface area contributed by atoms with E-state index in [9.17, 15) is 9.59 Å². The number of ether oxygens (including phenoxy) is 1. The van der Waals surface area contributed by atoms with Gasteiger partial charge in [-0.1, -0.05) is 12.1 Å². The monoisotopic (exact) mass is 342 g/mol. The zero-order chi connectivity index (χ0) is 17.8. The molecule has 1 aliphatic heterocycles. The first-order chi connectivity index (χ1) is 12.1. The Balaban J connectivity index is 1.73. The second kappa shape index (κ2) is 7.42. The van der Waals surface area contributed by atoms with Crippen LogP contribution in [0.25, 0.3) is 11.3 Å². The maximum atomic E-state index is 12.7. The number of carbonyl (C=O) groups excluding carboxylic acids is 2. The lowest BCUT2D eigenvalue weighted by Gasteiger charge is -2.32. The van der Waals surface area contributed by atoms with Crippen molar-refractivity contribution in [3.63, 3.8) is 0 Å². The fourth-order valence-electron chi connectivity index (χ4n) is 3.11.